The molecular formula is C66H75O9P. The first-order chi connectivity index (χ1) is 35.2. The summed E-state index contributed by atoms with van der Waals surface area (Å²) in [6, 6.07) is 35.6. The number of carbonyl (C=O) groups is 3. The van der Waals surface area contributed by atoms with Gasteiger partial charge in [-0.05, 0) is 102 Å². The molecule has 0 aromatic heterocycles. The Balaban J connectivity index is 1.26. The molecule has 3 aliphatic rings. The van der Waals surface area contributed by atoms with E-state index in [9.17, 15) is 14.4 Å². The van der Waals surface area contributed by atoms with Crippen LogP contribution in [-0.2, 0) is 46.9 Å². The summed E-state index contributed by atoms with van der Waals surface area (Å²) in [5, 5.41) is 0. The first kappa shape index (κ1) is 54.4. The van der Waals surface area contributed by atoms with Gasteiger partial charge in [-0.15, -0.1) is 0 Å². The van der Waals surface area contributed by atoms with Gasteiger partial charge in [0.05, 0.1) is 0 Å². The standard InChI is InChI=1S/C66H75O9P/c1-61(2,3)37-19-25-49-43(31-37)55(58(67)70-49)46-34-40(64(10,11)12)22-28-52(46)73-76(74-53-29-23-41(65(13,14)15)35-47(53)56-44-32-38(62(4,5)6)20-26-50(44)71-59(56)68)75-54-30-24-42(66(16,17)18)36-48(54)57-45-33-39(63(7,8)9)21-27-51(45)72-60(57)69/h19-36,55-57H,1-18H3. The highest BCUT2D eigenvalue weighted by Gasteiger charge is 2.43. The maximum Gasteiger partial charge on any atom is 0.530 e. The monoisotopic (exact) mass is 1040 g/mol. The van der Waals surface area contributed by atoms with Gasteiger partial charge in [0.2, 0.25) is 0 Å². The lowest BCUT2D eigenvalue weighted by Crippen LogP contribution is -2.19. The molecule has 398 valence electrons. The molecule has 0 amide bonds. The number of fused-ring (bicyclic) bond motifs is 3. The Morgan fingerprint density at radius 1 is 0.303 bits per heavy atom. The summed E-state index contributed by atoms with van der Waals surface area (Å²) in [5.41, 5.74) is 8.50. The van der Waals surface area contributed by atoms with Gasteiger partial charge in [0.1, 0.15) is 52.3 Å². The van der Waals surface area contributed by atoms with Crippen LogP contribution in [0, 0.1) is 0 Å². The summed E-state index contributed by atoms with van der Waals surface area (Å²) in [6.07, 6.45) is 0. The van der Waals surface area contributed by atoms with Gasteiger partial charge in [-0.25, -0.2) is 0 Å². The quantitative estimate of drug-likeness (QED) is 0.0795. The Morgan fingerprint density at radius 3 is 0.711 bits per heavy atom. The third kappa shape index (κ3) is 10.7. The Labute approximate surface area is 452 Å². The van der Waals surface area contributed by atoms with Gasteiger partial charge >= 0.3 is 26.5 Å². The minimum atomic E-state index is -2.57. The van der Waals surface area contributed by atoms with Crippen LogP contribution in [0.3, 0.4) is 0 Å². The molecule has 10 heteroatoms. The van der Waals surface area contributed by atoms with Crippen LogP contribution in [0.25, 0.3) is 0 Å². The van der Waals surface area contributed by atoms with Gasteiger partial charge in [0.25, 0.3) is 0 Å². The fraction of sp³-hybridized carbons (Fsp3) is 0.409. The van der Waals surface area contributed by atoms with Crippen molar-refractivity contribution in [2.45, 2.75) is 175 Å². The number of carbonyl (C=O) groups excluding carboxylic acids is 3. The molecule has 0 radical (unpaired) electrons. The van der Waals surface area contributed by atoms with Crippen molar-refractivity contribution < 1.29 is 42.2 Å². The van der Waals surface area contributed by atoms with E-state index in [0.29, 0.717) is 51.2 Å². The van der Waals surface area contributed by atoms with E-state index >= 15 is 0 Å². The number of benzene rings is 6. The van der Waals surface area contributed by atoms with Gasteiger partial charge < -0.3 is 27.8 Å². The van der Waals surface area contributed by atoms with Crippen molar-refractivity contribution in [2.24, 2.45) is 0 Å². The van der Waals surface area contributed by atoms with Gasteiger partial charge in [-0.2, -0.15) is 0 Å². The Bertz CT molecular complexity index is 2950. The van der Waals surface area contributed by atoms with Crippen molar-refractivity contribution in [3.8, 4) is 34.5 Å². The van der Waals surface area contributed by atoms with Crippen molar-refractivity contribution >= 4 is 26.5 Å². The summed E-state index contributed by atoms with van der Waals surface area (Å²) < 4.78 is 39.8. The second-order valence-corrected chi connectivity index (χ2v) is 28.1. The normalized spacial score (nSPS) is 18.1. The van der Waals surface area contributed by atoms with Crippen LogP contribution in [0.1, 0.15) is 209 Å². The highest BCUT2D eigenvalue weighted by atomic mass is 31.2. The lowest BCUT2D eigenvalue weighted by Gasteiger charge is -2.28. The van der Waals surface area contributed by atoms with Crippen molar-refractivity contribution in [1.82, 2.24) is 0 Å². The topological polar surface area (TPSA) is 107 Å². The zero-order chi connectivity index (χ0) is 55.4. The summed E-state index contributed by atoms with van der Waals surface area (Å²) in [6.45, 7) is 38.4. The number of rotatable bonds is 9. The van der Waals surface area contributed by atoms with Crippen molar-refractivity contribution in [3.05, 3.63) is 176 Å². The first-order valence-corrected chi connectivity index (χ1v) is 27.6. The lowest BCUT2D eigenvalue weighted by molar-refractivity contribution is -0.134. The number of esters is 3. The fourth-order valence-corrected chi connectivity index (χ4v) is 11.1. The summed E-state index contributed by atoms with van der Waals surface area (Å²) in [5.74, 6) is -1.31. The molecular weight excluding hydrogens is 968 g/mol. The smallest absolute Gasteiger partial charge is 0.425 e. The number of ether oxygens (including phenoxy) is 3. The second kappa shape index (κ2) is 18.9. The molecule has 3 unspecified atom stereocenters. The van der Waals surface area contributed by atoms with Crippen molar-refractivity contribution in [1.29, 1.82) is 0 Å². The highest BCUT2D eigenvalue weighted by molar-refractivity contribution is 7.43. The maximum atomic E-state index is 14.4. The van der Waals surface area contributed by atoms with E-state index in [0.717, 1.165) is 50.1 Å². The average Bonchev–Trinajstić information content (AvgIpc) is 3.94. The van der Waals surface area contributed by atoms with Crippen LogP contribution >= 0.6 is 8.60 Å². The van der Waals surface area contributed by atoms with Crippen LogP contribution in [0.5, 0.6) is 34.5 Å². The molecule has 6 aromatic carbocycles. The van der Waals surface area contributed by atoms with Crippen molar-refractivity contribution in [2.75, 3.05) is 0 Å². The third-order valence-electron chi connectivity index (χ3n) is 15.0. The van der Waals surface area contributed by atoms with E-state index in [4.69, 9.17) is 27.8 Å². The van der Waals surface area contributed by atoms with Gasteiger partial charge in [0.15, 0.2) is 0 Å². The van der Waals surface area contributed by atoms with Crippen LogP contribution in [0.15, 0.2) is 109 Å². The van der Waals surface area contributed by atoms with Crippen LogP contribution < -0.4 is 27.8 Å². The Hall–Kier alpha value is -6.44. The maximum absolute atomic E-state index is 14.4. The Kier molecular flexibility index (Phi) is 13.5. The van der Waals surface area contributed by atoms with E-state index in [1.54, 1.807) is 0 Å². The minimum absolute atomic E-state index is 0.213. The molecule has 0 saturated heterocycles. The molecule has 76 heavy (non-hydrogen) atoms. The van der Waals surface area contributed by atoms with Crippen LogP contribution in [-0.4, -0.2) is 17.9 Å². The SMILES string of the molecule is CC(C)(C)c1ccc2c(c1)C(c1cc(C(C)(C)C)ccc1OP(Oc1ccc(C(C)(C)C)cc1C1C(=O)Oc3ccc(C(C)(C)C)cc31)Oc1ccc(C(C)(C)C)cc1C1C(=O)Oc3ccc(C(C)(C)C)cc31)C(=O)O2. The summed E-state index contributed by atoms with van der Waals surface area (Å²) in [4.78, 5) is 43.2. The number of hydrogen-bond donors (Lipinski definition) is 0. The van der Waals surface area contributed by atoms with Gasteiger partial charge in [-0.3, -0.25) is 14.4 Å². The first-order valence-electron chi connectivity index (χ1n) is 26.5. The van der Waals surface area contributed by atoms with E-state index in [-0.39, 0.29) is 32.5 Å². The number of hydrogen-bond acceptors (Lipinski definition) is 9. The van der Waals surface area contributed by atoms with Gasteiger partial charge in [0, 0.05) is 33.4 Å². The van der Waals surface area contributed by atoms with E-state index in [1.807, 2.05) is 91.0 Å². The predicted molar refractivity (Wildman–Crippen MR) is 302 cm³/mol. The lowest BCUT2D eigenvalue weighted by atomic mass is 9.81. The van der Waals surface area contributed by atoms with Gasteiger partial charge in [-0.1, -0.05) is 197 Å². The molecule has 0 bridgehead atoms. The molecule has 0 fully saturated rings. The molecule has 9 rings (SSSR count). The molecule has 0 N–H and O–H groups in total. The molecule has 6 aromatic rings. The van der Waals surface area contributed by atoms with Crippen molar-refractivity contribution in [3.63, 3.8) is 0 Å². The second-order valence-electron chi connectivity index (χ2n) is 27.1. The summed E-state index contributed by atoms with van der Waals surface area (Å²) >= 11 is 0. The largest absolute Gasteiger partial charge is 0.530 e. The zero-order valence-electron chi connectivity index (χ0n) is 47.7. The van der Waals surface area contributed by atoms with E-state index in [1.165, 1.54) is 0 Å². The Morgan fingerprint density at radius 2 is 0.500 bits per heavy atom. The minimum Gasteiger partial charge on any atom is -0.425 e. The van der Waals surface area contributed by atoms with E-state index in [2.05, 4.69) is 143 Å². The molecule has 0 spiro atoms. The fourth-order valence-electron chi connectivity index (χ4n) is 10.0. The molecule has 3 atom stereocenters. The highest BCUT2D eigenvalue weighted by Crippen LogP contribution is 2.54. The predicted octanol–water partition coefficient (Wildman–Crippen LogP) is 16.4. The van der Waals surface area contributed by atoms with Crippen LogP contribution in [0.4, 0.5) is 0 Å². The molecule has 9 nitrogen and oxygen atoms in total. The molecule has 3 aliphatic heterocycles. The molecule has 3 heterocycles. The average molecular weight is 1040 g/mol. The van der Waals surface area contributed by atoms with Crippen LogP contribution in [0.2, 0.25) is 0 Å². The molecule has 0 saturated carbocycles. The summed E-state index contributed by atoms with van der Waals surface area (Å²) in [7, 11) is -2.57. The van der Waals surface area contributed by atoms with E-state index < -0.39 is 44.3 Å². The zero-order valence-corrected chi connectivity index (χ0v) is 48.6. The third-order valence-corrected chi connectivity index (χ3v) is 16.0. The molecule has 0 aliphatic carbocycles.